The van der Waals surface area contributed by atoms with Gasteiger partial charge < -0.3 is 5.32 Å². The fourth-order valence-electron chi connectivity index (χ4n) is 4.16. The number of halogens is 2. The van der Waals surface area contributed by atoms with E-state index in [0.717, 1.165) is 60.1 Å². The molecule has 1 N–H and O–H groups in total. The standard InChI is InChI=1S/C20H21F2N3O2S/c1-11-17(18(27)23-16-4-7-20(16)5-3-6-20)24-19(28-11)25(12(2)26)15-9-13(21)8-14(22)10-15/h8-10,16H,3-7H2,1-2H3,(H,23,27)/t16-/m1/s1. The van der Waals surface area contributed by atoms with Crippen LogP contribution in [0.1, 0.15) is 54.4 Å². The molecule has 1 spiro atoms. The third kappa shape index (κ3) is 3.19. The molecule has 1 atom stereocenters. The summed E-state index contributed by atoms with van der Waals surface area (Å²) >= 11 is 1.15. The van der Waals surface area contributed by atoms with Crippen LogP contribution in [0, 0.1) is 24.0 Å². The van der Waals surface area contributed by atoms with E-state index < -0.39 is 17.5 Å². The van der Waals surface area contributed by atoms with Gasteiger partial charge in [-0.05, 0) is 50.2 Å². The van der Waals surface area contributed by atoms with Gasteiger partial charge in [-0.1, -0.05) is 6.42 Å². The Morgan fingerprint density at radius 2 is 1.89 bits per heavy atom. The lowest BCUT2D eigenvalue weighted by Gasteiger charge is -2.56. The molecule has 1 aromatic heterocycles. The van der Waals surface area contributed by atoms with E-state index in [4.69, 9.17) is 0 Å². The molecule has 8 heteroatoms. The fraction of sp³-hybridized carbons (Fsp3) is 0.450. The summed E-state index contributed by atoms with van der Waals surface area (Å²) in [7, 11) is 0. The molecular weight excluding hydrogens is 384 g/mol. The van der Waals surface area contributed by atoms with Crippen LogP contribution in [-0.2, 0) is 4.79 Å². The lowest BCUT2D eigenvalue weighted by atomic mass is 9.53. The zero-order valence-electron chi connectivity index (χ0n) is 15.7. The summed E-state index contributed by atoms with van der Waals surface area (Å²) in [5.41, 5.74) is 0.565. The van der Waals surface area contributed by atoms with Crippen molar-refractivity contribution in [1.29, 1.82) is 0 Å². The molecule has 2 aliphatic carbocycles. The Balaban J connectivity index is 1.59. The van der Waals surface area contributed by atoms with Gasteiger partial charge in [0.1, 0.15) is 17.3 Å². The Morgan fingerprint density at radius 3 is 2.39 bits per heavy atom. The van der Waals surface area contributed by atoms with E-state index in [-0.39, 0.29) is 33.9 Å². The van der Waals surface area contributed by atoms with E-state index in [1.807, 2.05) is 0 Å². The van der Waals surface area contributed by atoms with Crippen LogP contribution in [0.15, 0.2) is 18.2 Å². The molecule has 0 saturated heterocycles. The molecule has 2 saturated carbocycles. The molecule has 0 bridgehead atoms. The number of aryl methyl sites for hydroxylation is 1. The number of nitrogens with zero attached hydrogens (tertiary/aromatic N) is 2. The second kappa shape index (κ2) is 6.92. The number of rotatable bonds is 4. The summed E-state index contributed by atoms with van der Waals surface area (Å²) in [6.45, 7) is 3.04. The molecule has 0 radical (unpaired) electrons. The molecule has 0 aliphatic heterocycles. The Hall–Kier alpha value is -2.35. The minimum atomic E-state index is -0.789. The predicted molar refractivity (Wildman–Crippen MR) is 103 cm³/mol. The largest absolute Gasteiger partial charge is 0.347 e. The SMILES string of the molecule is CC(=O)N(c1cc(F)cc(F)c1)c1nc(C(=O)N[C@@H]2CCC23CCC3)c(C)s1. The Bertz CT molecular complexity index is 929. The minimum Gasteiger partial charge on any atom is -0.347 e. The molecule has 2 aliphatic rings. The van der Waals surface area contributed by atoms with Gasteiger partial charge in [0.25, 0.3) is 5.91 Å². The van der Waals surface area contributed by atoms with Crippen molar-refractivity contribution >= 4 is 34.0 Å². The van der Waals surface area contributed by atoms with Crippen molar-refractivity contribution in [2.75, 3.05) is 4.90 Å². The van der Waals surface area contributed by atoms with Crippen LogP contribution < -0.4 is 10.2 Å². The molecule has 2 aromatic rings. The van der Waals surface area contributed by atoms with Crippen molar-refractivity contribution in [3.8, 4) is 0 Å². The fourth-order valence-corrected chi connectivity index (χ4v) is 5.13. The first-order chi connectivity index (χ1) is 13.3. The topological polar surface area (TPSA) is 62.3 Å². The molecule has 2 amide bonds. The highest BCUT2D eigenvalue weighted by Crippen LogP contribution is 2.55. The number of carbonyl (C=O) groups excluding carboxylic acids is 2. The molecule has 4 rings (SSSR count). The highest BCUT2D eigenvalue weighted by Gasteiger charge is 2.51. The smallest absolute Gasteiger partial charge is 0.271 e. The van der Waals surface area contributed by atoms with E-state index in [1.165, 1.54) is 13.3 Å². The lowest BCUT2D eigenvalue weighted by Crippen LogP contribution is -2.58. The van der Waals surface area contributed by atoms with Gasteiger partial charge in [-0.3, -0.25) is 14.5 Å². The first-order valence-electron chi connectivity index (χ1n) is 9.34. The van der Waals surface area contributed by atoms with Crippen LogP contribution in [0.2, 0.25) is 0 Å². The quantitative estimate of drug-likeness (QED) is 0.816. The van der Waals surface area contributed by atoms with Gasteiger partial charge in [0.05, 0.1) is 5.69 Å². The van der Waals surface area contributed by atoms with Crippen molar-refractivity contribution in [3.05, 3.63) is 40.4 Å². The Kier molecular flexibility index (Phi) is 4.69. The second-order valence-electron chi connectivity index (χ2n) is 7.66. The highest BCUT2D eigenvalue weighted by atomic mass is 32.1. The number of hydrogen-bond donors (Lipinski definition) is 1. The molecule has 148 valence electrons. The lowest BCUT2D eigenvalue weighted by molar-refractivity contribution is -0.115. The minimum absolute atomic E-state index is 0.0399. The molecule has 2 fully saturated rings. The zero-order valence-corrected chi connectivity index (χ0v) is 16.5. The summed E-state index contributed by atoms with van der Waals surface area (Å²) in [5, 5.41) is 3.30. The predicted octanol–water partition coefficient (Wildman–Crippen LogP) is 4.48. The number of thiazole rings is 1. The van der Waals surface area contributed by atoms with Crippen molar-refractivity contribution in [2.24, 2.45) is 5.41 Å². The van der Waals surface area contributed by atoms with Crippen LogP contribution in [-0.4, -0.2) is 22.8 Å². The number of carbonyl (C=O) groups is 2. The Morgan fingerprint density at radius 1 is 1.21 bits per heavy atom. The van der Waals surface area contributed by atoms with Gasteiger partial charge in [-0.2, -0.15) is 0 Å². The maximum absolute atomic E-state index is 13.6. The highest BCUT2D eigenvalue weighted by molar-refractivity contribution is 7.16. The van der Waals surface area contributed by atoms with E-state index in [0.29, 0.717) is 4.88 Å². The number of aromatic nitrogens is 1. The van der Waals surface area contributed by atoms with Crippen LogP contribution in [0.5, 0.6) is 0 Å². The molecule has 1 aromatic carbocycles. The van der Waals surface area contributed by atoms with E-state index in [1.54, 1.807) is 6.92 Å². The second-order valence-corrected chi connectivity index (χ2v) is 8.85. The number of anilines is 2. The number of benzene rings is 1. The van der Waals surface area contributed by atoms with E-state index >= 15 is 0 Å². The monoisotopic (exact) mass is 405 g/mol. The van der Waals surface area contributed by atoms with Crippen LogP contribution in [0.4, 0.5) is 19.6 Å². The van der Waals surface area contributed by atoms with Gasteiger partial charge in [-0.25, -0.2) is 13.8 Å². The molecule has 5 nitrogen and oxygen atoms in total. The first-order valence-corrected chi connectivity index (χ1v) is 10.2. The molecular formula is C20H21F2N3O2S. The van der Waals surface area contributed by atoms with Crippen molar-refractivity contribution in [2.45, 2.75) is 52.0 Å². The van der Waals surface area contributed by atoms with Gasteiger partial charge in [-0.15, -0.1) is 11.3 Å². The molecule has 1 heterocycles. The van der Waals surface area contributed by atoms with E-state index in [9.17, 15) is 18.4 Å². The maximum Gasteiger partial charge on any atom is 0.271 e. The summed E-state index contributed by atoms with van der Waals surface area (Å²) in [6.07, 6.45) is 5.65. The van der Waals surface area contributed by atoms with E-state index in [2.05, 4.69) is 10.3 Å². The zero-order chi connectivity index (χ0) is 20.1. The van der Waals surface area contributed by atoms with Crippen molar-refractivity contribution < 1.29 is 18.4 Å². The van der Waals surface area contributed by atoms with Crippen LogP contribution >= 0.6 is 11.3 Å². The molecule has 0 unspecified atom stereocenters. The van der Waals surface area contributed by atoms with Crippen LogP contribution in [0.25, 0.3) is 0 Å². The average Bonchev–Trinajstić information content (AvgIpc) is 2.90. The first kappa shape index (κ1) is 19.0. The van der Waals surface area contributed by atoms with Gasteiger partial charge in [0.2, 0.25) is 5.91 Å². The maximum atomic E-state index is 13.6. The third-order valence-electron chi connectivity index (χ3n) is 5.94. The van der Waals surface area contributed by atoms with Gasteiger partial charge in [0.15, 0.2) is 5.13 Å². The third-order valence-corrected chi connectivity index (χ3v) is 6.89. The van der Waals surface area contributed by atoms with Gasteiger partial charge in [0, 0.05) is 23.9 Å². The normalized spacial score (nSPS) is 19.6. The number of amides is 2. The summed E-state index contributed by atoms with van der Waals surface area (Å²) in [5.74, 6) is -2.28. The number of nitrogens with one attached hydrogen (secondary N) is 1. The van der Waals surface area contributed by atoms with Gasteiger partial charge >= 0.3 is 0 Å². The average molecular weight is 405 g/mol. The van der Waals surface area contributed by atoms with Crippen molar-refractivity contribution in [1.82, 2.24) is 10.3 Å². The Labute approximate surface area is 165 Å². The summed E-state index contributed by atoms with van der Waals surface area (Å²) in [4.78, 5) is 31.0. The van der Waals surface area contributed by atoms with Crippen LogP contribution in [0.3, 0.4) is 0 Å². The molecule has 28 heavy (non-hydrogen) atoms. The number of hydrogen-bond acceptors (Lipinski definition) is 4. The summed E-state index contributed by atoms with van der Waals surface area (Å²) < 4.78 is 27.2. The van der Waals surface area contributed by atoms with Crippen molar-refractivity contribution in [3.63, 3.8) is 0 Å². The summed E-state index contributed by atoms with van der Waals surface area (Å²) in [6, 6.07) is 3.05.